The fourth-order valence-electron chi connectivity index (χ4n) is 2.53. The first-order chi connectivity index (χ1) is 14.5. The highest BCUT2D eigenvalue weighted by Gasteiger charge is 2.21. The quantitative estimate of drug-likeness (QED) is 0.535. The molecule has 1 heterocycles. The van der Waals surface area contributed by atoms with Crippen LogP contribution in [-0.2, 0) is 22.7 Å². The lowest BCUT2D eigenvalue weighted by Gasteiger charge is -2.15. The van der Waals surface area contributed by atoms with Crippen molar-refractivity contribution in [2.45, 2.75) is 42.6 Å². The summed E-state index contributed by atoms with van der Waals surface area (Å²) in [5.41, 5.74) is 0.863. The Morgan fingerprint density at radius 3 is 2.63 bits per heavy atom. The van der Waals surface area contributed by atoms with E-state index >= 15 is 0 Å². The average molecular weight is 446 g/mol. The number of amides is 1. The van der Waals surface area contributed by atoms with Crippen LogP contribution in [0.5, 0.6) is 0 Å². The number of alkyl carbamates (subject to hydrolysis) is 1. The highest BCUT2D eigenvalue weighted by molar-refractivity contribution is 7.99. The van der Waals surface area contributed by atoms with E-state index in [9.17, 15) is 9.59 Å². The molecule has 1 amide bonds. The Balaban J connectivity index is 1.51. The van der Waals surface area contributed by atoms with Crippen molar-refractivity contribution in [2.24, 2.45) is 0 Å². The first kappa shape index (κ1) is 21.8. The number of tetrazole rings is 1. The number of halogens is 1. The van der Waals surface area contributed by atoms with E-state index in [2.05, 4.69) is 20.7 Å². The van der Waals surface area contributed by atoms with Crippen molar-refractivity contribution in [3.8, 4) is 0 Å². The van der Waals surface area contributed by atoms with Crippen molar-refractivity contribution in [3.05, 3.63) is 65.2 Å². The lowest BCUT2D eigenvalue weighted by molar-refractivity contribution is -0.122. The molecular weight excluding hydrogens is 426 g/mol. The van der Waals surface area contributed by atoms with E-state index in [1.165, 1.54) is 16.6 Å². The molecule has 0 bridgehead atoms. The van der Waals surface area contributed by atoms with Crippen LogP contribution in [0.4, 0.5) is 4.79 Å². The lowest BCUT2D eigenvalue weighted by Crippen LogP contribution is -2.42. The van der Waals surface area contributed by atoms with Gasteiger partial charge in [0.1, 0.15) is 13.2 Å². The minimum absolute atomic E-state index is 0.118. The number of nitrogens with zero attached hydrogens (tertiary/aromatic N) is 4. The van der Waals surface area contributed by atoms with E-state index < -0.39 is 12.1 Å². The minimum Gasteiger partial charge on any atom is -0.445 e. The number of aromatic nitrogens is 4. The third kappa shape index (κ3) is 6.30. The summed E-state index contributed by atoms with van der Waals surface area (Å²) in [5, 5.41) is 15.6. The molecule has 30 heavy (non-hydrogen) atoms. The molecule has 156 valence electrons. The van der Waals surface area contributed by atoms with Crippen LogP contribution in [0.25, 0.3) is 0 Å². The Bertz CT molecular complexity index is 999. The van der Waals surface area contributed by atoms with Crippen LogP contribution in [0.1, 0.15) is 18.9 Å². The Morgan fingerprint density at radius 1 is 1.17 bits per heavy atom. The summed E-state index contributed by atoms with van der Waals surface area (Å²) in [6.45, 7) is 1.81. The summed E-state index contributed by atoms with van der Waals surface area (Å²) in [6, 6.07) is 15.9. The summed E-state index contributed by atoms with van der Waals surface area (Å²) in [4.78, 5) is 26.6. The Kier molecular flexibility index (Phi) is 7.81. The summed E-state index contributed by atoms with van der Waals surface area (Å²) >= 11 is 7.38. The number of hydrogen-bond donors (Lipinski definition) is 1. The highest BCUT2D eigenvalue weighted by Crippen LogP contribution is 2.30. The second-order valence-corrected chi connectivity index (χ2v) is 7.68. The first-order valence-electron chi connectivity index (χ1n) is 9.25. The monoisotopic (exact) mass is 445 g/mol. The molecule has 1 aromatic heterocycles. The lowest BCUT2D eigenvalue weighted by atomic mass is 10.1. The van der Waals surface area contributed by atoms with Crippen LogP contribution in [0.15, 0.2) is 64.6 Å². The molecule has 1 unspecified atom stereocenters. The van der Waals surface area contributed by atoms with Crippen molar-refractivity contribution in [1.29, 1.82) is 0 Å². The number of hydrogen-bond acceptors (Lipinski definition) is 7. The SMILES string of the molecule is CCC(NC(=O)OCc1ccccc1)C(=O)Cn1nnc(Sc2ccccc2Cl)n1. The molecule has 1 N–H and O–H groups in total. The summed E-state index contributed by atoms with van der Waals surface area (Å²) in [5.74, 6) is -0.249. The van der Waals surface area contributed by atoms with E-state index in [1.807, 2.05) is 48.5 Å². The van der Waals surface area contributed by atoms with Gasteiger partial charge in [0.05, 0.1) is 11.1 Å². The molecule has 10 heteroatoms. The summed E-state index contributed by atoms with van der Waals surface area (Å²) in [6.07, 6.45) is -0.240. The Morgan fingerprint density at radius 2 is 1.90 bits per heavy atom. The third-order valence-electron chi connectivity index (χ3n) is 4.07. The second-order valence-electron chi connectivity index (χ2n) is 6.27. The molecule has 0 aliphatic heterocycles. The van der Waals surface area contributed by atoms with Crippen molar-refractivity contribution < 1.29 is 14.3 Å². The van der Waals surface area contributed by atoms with Gasteiger partial charge in [0, 0.05) is 4.90 Å². The van der Waals surface area contributed by atoms with Crippen LogP contribution in [0.3, 0.4) is 0 Å². The van der Waals surface area contributed by atoms with Crippen molar-refractivity contribution in [3.63, 3.8) is 0 Å². The number of ketones is 1. The first-order valence-corrected chi connectivity index (χ1v) is 10.4. The van der Waals surface area contributed by atoms with Crippen LogP contribution < -0.4 is 5.32 Å². The predicted molar refractivity (Wildman–Crippen MR) is 112 cm³/mol. The van der Waals surface area contributed by atoms with Crippen molar-refractivity contribution in [1.82, 2.24) is 25.5 Å². The van der Waals surface area contributed by atoms with E-state index in [1.54, 1.807) is 13.0 Å². The van der Waals surface area contributed by atoms with Gasteiger partial charge in [0.15, 0.2) is 5.78 Å². The van der Waals surface area contributed by atoms with Crippen molar-refractivity contribution in [2.75, 3.05) is 0 Å². The number of carbonyl (C=O) groups excluding carboxylic acids is 2. The van der Waals surface area contributed by atoms with Gasteiger partial charge >= 0.3 is 6.09 Å². The number of carbonyl (C=O) groups is 2. The zero-order valence-corrected chi connectivity index (χ0v) is 17.8. The minimum atomic E-state index is -0.709. The summed E-state index contributed by atoms with van der Waals surface area (Å²) in [7, 11) is 0. The van der Waals surface area contributed by atoms with E-state index in [-0.39, 0.29) is 18.9 Å². The Hall–Kier alpha value is -2.91. The van der Waals surface area contributed by atoms with Gasteiger partial charge in [0.25, 0.3) is 0 Å². The zero-order chi connectivity index (χ0) is 21.3. The van der Waals surface area contributed by atoms with Gasteiger partial charge in [-0.3, -0.25) is 4.79 Å². The molecule has 0 radical (unpaired) electrons. The van der Waals surface area contributed by atoms with Crippen molar-refractivity contribution >= 4 is 35.2 Å². The predicted octanol–water partition coefficient (Wildman–Crippen LogP) is 3.75. The largest absolute Gasteiger partial charge is 0.445 e. The van der Waals surface area contributed by atoms with E-state index in [0.717, 1.165) is 10.5 Å². The number of ether oxygens (including phenoxy) is 1. The van der Waals surface area contributed by atoms with Crippen LogP contribution >= 0.6 is 23.4 Å². The zero-order valence-electron chi connectivity index (χ0n) is 16.2. The molecule has 2 aromatic carbocycles. The third-order valence-corrected chi connectivity index (χ3v) is 5.43. The standard InChI is InChI=1S/C20H20ClN5O3S/c1-2-16(22-20(28)29-13-14-8-4-3-5-9-14)17(27)12-26-24-19(23-25-26)30-18-11-7-6-10-15(18)21/h3-11,16H,2,12-13H2,1H3,(H,22,28). The van der Waals surface area contributed by atoms with E-state index in [0.29, 0.717) is 16.6 Å². The van der Waals surface area contributed by atoms with Gasteiger partial charge in [-0.2, -0.15) is 4.80 Å². The molecular formula is C20H20ClN5O3S. The molecule has 3 rings (SSSR count). The maximum Gasteiger partial charge on any atom is 0.408 e. The van der Waals surface area contributed by atoms with Gasteiger partial charge in [-0.15, -0.1) is 10.2 Å². The highest BCUT2D eigenvalue weighted by atomic mass is 35.5. The molecule has 0 aliphatic carbocycles. The molecule has 8 nitrogen and oxygen atoms in total. The van der Waals surface area contributed by atoms with E-state index in [4.69, 9.17) is 16.3 Å². The summed E-state index contributed by atoms with van der Waals surface area (Å²) < 4.78 is 5.17. The molecule has 1 atom stereocenters. The fourth-order valence-corrected chi connectivity index (χ4v) is 3.50. The maximum absolute atomic E-state index is 12.5. The topological polar surface area (TPSA) is 99.0 Å². The van der Waals surface area contributed by atoms with Gasteiger partial charge in [0.2, 0.25) is 5.16 Å². The van der Waals surface area contributed by atoms with Gasteiger partial charge < -0.3 is 10.1 Å². The maximum atomic E-state index is 12.5. The number of benzene rings is 2. The normalized spacial score (nSPS) is 11.7. The number of rotatable bonds is 9. The van der Waals surface area contributed by atoms with Gasteiger partial charge in [-0.1, -0.05) is 61.0 Å². The molecule has 0 fully saturated rings. The van der Waals surface area contributed by atoms with Crippen LogP contribution in [-0.4, -0.2) is 38.1 Å². The average Bonchev–Trinajstić information content (AvgIpc) is 3.19. The fraction of sp³-hybridized carbons (Fsp3) is 0.250. The Labute approximate surface area is 182 Å². The molecule has 0 aliphatic rings. The molecule has 0 saturated heterocycles. The smallest absolute Gasteiger partial charge is 0.408 e. The molecule has 3 aromatic rings. The molecule has 0 spiro atoms. The van der Waals surface area contributed by atoms with Crippen LogP contribution in [0.2, 0.25) is 5.02 Å². The second kappa shape index (κ2) is 10.7. The molecule has 0 saturated carbocycles. The van der Waals surface area contributed by atoms with Crippen LogP contribution in [0, 0.1) is 0 Å². The van der Waals surface area contributed by atoms with Gasteiger partial charge in [-0.05, 0) is 41.1 Å². The number of Topliss-reactive ketones (excluding diaryl/α,β-unsaturated/α-hetero) is 1. The number of nitrogens with one attached hydrogen (secondary N) is 1. The van der Waals surface area contributed by atoms with Gasteiger partial charge in [-0.25, -0.2) is 4.79 Å².